The molecular weight excluding hydrogens is 258 g/mol. The summed E-state index contributed by atoms with van der Waals surface area (Å²) in [5.41, 5.74) is 12.8. The summed E-state index contributed by atoms with van der Waals surface area (Å²) in [5, 5.41) is 1.21. The molecule has 1 aliphatic heterocycles. The number of nitrogens with zero attached hydrogens (tertiary/aromatic N) is 2. The van der Waals surface area contributed by atoms with Crippen molar-refractivity contribution >= 4 is 22.3 Å². The number of benzene rings is 2. The Hall–Kier alpha value is -2.55. The highest BCUT2D eigenvalue weighted by Crippen LogP contribution is 2.34. The SMILES string of the molecule is Cc1cc(N2Cc3ccc(N)cc3C2)c2ccccc2n1. The minimum atomic E-state index is 0.839. The number of aryl methyl sites for hydroxylation is 1. The fourth-order valence-corrected chi connectivity index (χ4v) is 3.13. The molecule has 0 unspecified atom stereocenters. The van der Waals surface area contributed by atoms with Gasteiger partial charge in [-0.25, -0.2) is 0 Å². The van der Waals surface area contributed by atoms with Crippen LogP contribution in [0.4, 0.5) is 11.4 Å². The van der Waals surface area contributed by atoms with E-state index in [0.717, 1.165) is 30.0 Å². The second kappa shape index (κ2) is 4.48. The lowest BCUT2D eigenvalue weighted by Gasteiger charge is -2.20. The van der Waals surface area contributed by atoms with Gasteiger partial charge in [-0.2, -0.15) is 0 Å². The number of para-hydroxylation sites is 1. The first-order chi connectivity index (χ1) is 10.2. The highest BCUT2D eigenvalue weighted by atomic mass is 15.1. The summed E-state index contributed by atoms with van der Waals surface area (Å²) in [4.78, 5) is 7.03. The number of pyridine rings is 1. The number of nitrogen functional groups attached to an aromatic ring is 1. The highest BCUT2D eigenvalue weighted by Gasteiger charge is 2.21. The predicted molar refractivity (Wildman–Crippen MR) is 87.2 cm³/mol. The van der Waals surface area contributed by atoms with Crippen LogP contribution in [0.2, 0.25) is 0 Å². The normalized spacial score (nSPS) is 13.7. The van der Waals surface area contributed by atoms with Crippen LogP contribution < -0.4 is 10.6 Å². The summed E-state index contributed by atoms with van der Waals surface area (Å²) < 4.78 is 0. The van der Waals surface area contributed by atoms with E-state index >= 15 is 0 Å². The van der Waals surface area contributed by atoms with Crippen LogP contribution in [0.3, 0.4) is 0 Å². The third-order valence-electron chi connectivity index (χ3n) is 4.12. The van der Waals surface area contributed by atoms with Crippen LogP contribution in [0.5, 0.6) is 0 Å². The number of hydrogen-bond acceptors (Lipinski definition) is 3. The van der Waals surface area contributed by atoms with Gasteiger partial charge in [0.05, 0.1) is 5.52 Å². The fourth-order valence-electron chi connectivity index (χ4n) is 3.13. The zero-order chi connectivity index (χ0) is 14.4. The van der Waals surface area contributed by atoms with Gasteiger partial charge in [-0.1, -0.05) is 24.3 Å². The molecule has 0 radical (unpaired) electrons. The molecule has 0 spiro atoms. The van der Waals surface area contributed by atoms with E-state index in [0.29, 0.717) is 0 Å². The summed E-state index contributed by atoms with van der Waals surface area (Å²) in [6.07, 6.45) is 0. The van der Waals surface area contributed by atoms with Crippen LogP contribution in [-0.2, 0) is 13.1 Å². The van der Waals surface area contributed by atoms with Crippen molar-refractivity contribution in [3.63, 3.8) is 0 Å². The molecule has 1 aromatic heterocycles. The van der Waals surface area contributed by atoms with E-state index in [1.165, 1.54) is 22.2 Å². The number of aromatic nitrogens is 1. The first kappa shape index (κ1) is 12.2. The van der Waals surface area contributed by atoms with Crippen molar-refractivity contribution in [1.29, 1.82) is 0 Å². The molecule has 0 aliphatic carbocycles. The monoisotopic (exact) mass is 275 g/mol. The van der Waals surface area contributed by atoms with Gasteiger partial charge in [-0.15, -0.1) is 0 Å². The maximum absolute atomic E-state index is 5.90. The fraction of sp³-hybridized carbons (Fsp3) is 0.167. The molecule has 3 aromatic rings. The van der Waals surface area contributed by atoms with Gasteiger partial charge >= 0.3 is 0 Å². The molecule has 0 amide bonds. The van der Waals surface area contributed by atoms with Gasteiger partial charge in [-0.3, -0.25) is 4.98 Å². The van der Waals surface area contributed by atoms with Crippen LogP contribution in [0, 0.1) is 6.92 Å². The molecule has 3 nitrogen and oxygen atoms in total. The van der Waals surface area contributed by atoms with Gasteiger partial charge in [0.1, 0.15) is 0 Å². The Morgan fingerprint density at radius 1 is 1.00 bits per heavy atom. The molecule has 21 heavy (non-hydrogen) atoms. The summed E-state index contributed by atoms with van der Waals surface area (Å²) in [6.45, 7) is 3.90. The minimum absolute atomic E-state index is 0.839. The summed E-state index contributed by atoms with van der Waals surface area (Å²) in [5.74, 6) is 0. The molecule has 3 heteroatoms. The summed E-state index contributed by atoms with van der Waals surface area (Å²) in [6, 6.07) is 16.7. The van der Waals surface area contributed by atoms with Crippen molar-refractivity contribution in [2.75, 3.05) is 10.6 Å². The van der Waals surface area contributed by atoms with E-state index in [-0.39, 0.29) is 0 Å². The van der Waals surface area contributed by atoms with Crippen molar-refractivity contribution in [3.05, 3.63) is 65.4 Å². The van der Waals surface area contributed by atoms with E-state index in [4.69, 9.17) is 5.73 Å². The molecular formula is C18H17N3. The van der Waals surface area contributed by atoms with E-state index in [1.54, 1.807) is 0 Å². The average Bonchev–Trinajstić information content (AvgIpc) is 2.89. The zero-order valence-corrected chi connectivity index (χ0v) is 12.0. The van der Waals surface area contributed by atoms with Crippen molar-refractivity contribution in [1.82, 2.24) is 4.98 Å². The molecule has 2 heterocycles. The smallest absolute Gasteiger partial charge is 0.0726 e. The van der Waals surface area contributed by atoms with Gasteiger partial charge in [0, 0.05) is 35.5 Å². The second-order valence-corrected chi connectivity index (χ2v) is 5.68. The Labute approximate surface area is 124 Å². The second-order valence-electron chi connectivity index (χ2n) is 5.68. The molecule has 0 saturated heterocycles. The lowest BCUT2D eigenvalue weighted by Crippen LogP contribution is -2.15. The lowest BCUT2D eigenvalue weighted by atomic mass is 10.1. The average molecular weight is 275 g/mol. The Balaban J connectivity index is 1.82. The van der Waals surface area contributed by atoms with E-state index < -0.39 is 0 Å². The van der Waals surface area contributed by atoms with Gasteiger partial charge in [0.25, 0.3) is 0 Å². The van der Waals surface area contributed by atoms with Gasteiger partial charge in [0.2, 0.25) is 0 Å². The Morgan fingerprint density at radius 2 is 1.81 bits per heavy atom. The number of rotatable bonds is 1. The molecule has 4 rings (SSSR count). The first-order valence-corrected chi connectivity index (χ1v) is 7.19. The zero-order valence-electron chi connectivity index (χ0n) is 12.0. The van der Waals surface area contributed by atoms with Gasteiger partial charge < -0.3 is 10.6 Å². The lowest BCUT2D eigenvalue weighted by molar-refractivity contribution is 0.883. The van der Waals surface area contributed by atoms with E-state index in [1.807, 2.05) is 12.1 Å². The molecule has 0 bridgehead atoms. The van der Waals surface area contributed by atoms with Crippen molar-refractivity contribution in [2.45, 2.75) is 20.0 Å². The predicted octanol–water partition coefficient (Wildman–Crippen LogP) is 3.65. The van der Waals surface area contributed by atoms with Crippen LogP contribution in [-0.4, -0.2) is 4.98 Å². The van der Waals surface area contributed by atoms with Crippen LogP contribution in [0.15, 0.2) is 48.5 Å². The molecule has 2 N–H and O–H groups in total. The Kier molecular flexibility index (Phi) is 2.61. The Morgan fingerprint density at radius 3 is 2.71 bits per heavy atom. The van der Waals surface area contributed by atoms with E-state index in [2.05, 4.69) is 53.2 Å². The number of nitrogens with two attached hydrogens (primary N) is 1. The third kappa shape index (κ3) is 2.02. The standard InChI is InChI=1S/C18H17N3/c1-12-8-18(16-4-2-3-5-17(16)20-12)21-10-13-6-7-15(19)9-14(13)11-21/h2-9H,10-11,19H2,1H3. The molecule has 0 atom stereocenters. The largest absolute Gasteiger partial charge is 0.399 e. The van der Waals surface area contributed by atoms with Crippen molar-refractivity contribution in [2.24, 2.45) is 0 Å². The number of anilines is 2. The summed E-state index contributed by atoms with van der Waals surface area (Å²) in [7, 11) is 0. The van der Waals surface area contributed by atoms with Gasteiger partial charge in [-0.05, 0) is 42.3 Å². The van der Waals surface area contributed by atoms with Crippen LogP contribution in [0.25, 0.3) is 10.9 Å². The van der Waals surface area contributed by atoms with Gasteiger partial charge in [0.15, 0.2) is 0 Å². The topological polar surface area (TPSA) is 42.1 Å². The van der Waals surface area contributed by atoms with Crippen molar-refractivity contribution in [3.8, 4) is 0 Å². The highest BCUT2D eigenvalue weighted by molar-refractivity contribution is 5.92. The van der Waals surface area contributed by atoms with Crippen LogP contribution in [0.1, 0.15) is 16.8 Å². The number of fused-ring (bicyclic) bond motifs is 2. The molecule has 1 aliphatic rings. The quantitative estimate of drug-likeness (QED) is 0.689. The molecule has 104 valence electrons. The number of hydrogen-bond donors (Lipinski definition) is 1. The van der Waals surface area contributed by atoms with Crippen molar-refractivity contribution < 1.29 is 0 Å². The first-order valence-electron chi connectivity index (χ1n) is 7.19. The molecule has 0 fully saturated rings. The maximum atomic E-state index is 5.90. The maximum Gasteiger partial charge on any atom is 0.0726 e. The Bertz CT molecular complexity index is 839. The summed E-state index contributed by atoms with van der Waals surface area (Å²) >= 11 is 0. The minimum Gasteiger partial charge on any atom is -0.399 e. The van der Waals surface area contributed by atoms with Crippen LogP contribution >= 0.6 is 0 Å². The third-order valence-corrected chi connectivity index (χ3v) is 4.12. The molecule has 2 aromatic carbocycles. The molecule has 0 saturated carbocycles. The van der Waals surface area contributed by atoms with E-state index in [9.17, 15) is 0 Å².